The van der Waals surface area contributed by atoms with Crippen molar-refractivity contribution in [1.82, 2.24) is 10.6 Å². The van der Waals surface area contributed by atoms with Crippen molar-refractivity contribution in [3.05, 3.63) is 35.6 Å². The Morgan fingerprint density at radius 2 is 1.72 bits per heavy atom. The van der Waals surface area contributed by atoms with E-state index in [2.05, 4.69) is 10.6 Å². The van der Waals surface area contributed by atoms with Crippen molar-refractivity contribution in [3.63, 3.8) is 0 Å². The van der Waals surface area contributed by atoms with Crippen LogP contribution in [0.15, 0.2) is 24.3 Å². The molecule has 8 heteroatoms. The summed E-state index contributed by atoms with van der Waals surface area (Å²) in [6.45, 7) is 2.52. The number of hydrogen-bond acceptors (Lipinski definition) is 4. The van der Waals surface area contributed by atoms with E-state index >= 15 is 0 Å². The first-order chi connectivity index (χ1) is 11.7. The van der Waals surface area contributed by atoms with Gasteiger partial charge in [0.1, 0.15) is 23.7 Å². The molecule has 7 nitrogen and oxygen atoms in total. The first-order valence-corrected chi connectivity index (χ1v) is 7.73. The van der Waals surface area contributed by atoms with Crippen LogP contribution in [0.4, 0.5) is 4.39 Å². The second-order valence-electron chi connectivity index (χ2n) is 5.69. The van der Waals surface area contributed by atoms with Crippen LogP contribution in [0.25, 0.3) is 0 Å². The minimum absolute atomic E-state index is 0.00460. The Kier molecular flexibility index (Phi) is 7.71. The van der Waals surface area contributed by atoms with Crippen molar-refractivity contribution in [2.45, 2.75) is 45.2 Å². The SMILES string of the molecule is CC(=O)CC[C@H](NC(=O)[C@@H](Cc1ccccc1F)NC(C)=O)C(=O)O. The van der Waals surface area contributed by atoms with Crippen molar-refractivity contribution >= 4 is 23.6 Å². The number of rotatable bonds is 9. The highest BCUT2D eigenvalue weighted by Crippen LogP contribution is 2.10. The number of aliphatic carboxylic acids is 1. The summed E-state index contributed by atoms with van der Waals surface area (Å²) in [6.07, 6.45) is -0.199. The average Bonchev–Trinajstić information content (AvgIpc) is 2.51. The van der Waals surface area contributed by atoms with E-state index in [4.69, 9.17) is 5.11 Å². The molecule has 0 heterocycles. The molecule has 0 aliphatic rings. The van der Waals surface area contributed by atoms with Crippen LogP contribution in [0.2, 0.25) is 0 Å². The van der Waals surface area contributed by atoms with Crippen molar-refractivity contribution in [2.75, 3.05) is 0 Å². The van der Waals surface area contributed by atoms with Crippen molar-refractivity contribution in [1.29, 1.82) is 0 Å². The van der Waals surface area contributed by atoms with Gasteiger partial charge in [0.25, 0.3) is 0 Å². The van der Waals surface area contributed by atoms with Gasteiger partial charge in [-0.15, -0.1) is 0 Å². The van der Waals surface area contributed by atoms with Gasteiger partial charge in [0.15, 0.2) is 0 Å². The molecule has 3 N–H and O–H groups in total. The molecule has 0 bridgehead atoms. The van der Waals surface area contributed by atoms with E-state index in [-0.39, 0.29) is 30.6 Å². The van der Waals surface area contributed by atoms with Crippen molar-refractivity contribution < 1.29 is 28.7 Å². The largest absolute Gasteiger partial charge is 0.480 e. The molecular formula is C17H21FN2O5. The van der Waals surface area contributed by atoms with E-state index in [0.29, 0.717) is 0 Å². The molecule has 0 aromatic heterocycles. The Bertz CT molecular complexity index is 662. The van der Waals surface area contributed by atoms with Gasteiger partial charge < -0.3 is 20.5 Å². The third kappa shape index (κ3) is 7.11. The van der Waals surface area contributed by atoms with Crippen LogP contribution >= 0.6 is 0 Å². The van der Waals surface area contributed by atoms with E-state index in [1.54, 1.807) is 6.07 Å². The monoisotopic (exact) mass is 352 g/mol. The summed E-state index contributed by atoms with van der Waals surface area (Å²) in [5.41, 5.74) is 0.215. The van der Waals surface area contributed by atoms with E-state index in [9.17, 15) is 23.6 Å². The maximum atomic E-state index is 13.8. The van der Waals surface area contributed by atoms with Crippen LogP contribution in [0, 0.1) is 5.82 Å². The zero-order valence-corrected chi connectivity index (χ0v) is 14.0. The number of carbonyl (C=O) groups is 4. The number of carbonyl (C=O) groups excluding carboxylic acids is 3. The molecule has 2 amide bonds. The minimum Gasteiger partial charge on any atom is -0.480 e. The number of carboxylic acid groups (broad SMARTS) is 1. The molecule has 0 saturated heterocycles. The molecular weight excluding hydrogens is 331 g/mol. The second kappa shape index (κ2) is 9.51. The molecule has 1 aromatic carbocycles. The Morgan fingerprint density at radius 1 is 1.08 bits per heavy atom. The van der Waals surface area contributed by atoms with Gasteiger partial charge >= 0.3 is 5.97 Å². The molecule has 0 unspecified atom stereocenters. The summed E-state index contributed by atoms with van der Waals surface area (Å²) in [7, 11) is 0. The summed E-state index contributed by atoms with van der Waals surface area (Å²) in [5.74, 6) is -3.29. The Balaban J connectivity index is 2.87. The number of nitrogens with one attached hydrogen (secondary N) is 2. The van der Waals surface area contributed by atoms with Gasteiger partial charge in [0, 0.05) is 19.8 Å². The van der Waals surface area contributed by atoms with Crippen LogP contribution < -0.4 is 10.6 Å². The Morgan fingerprint density at radius 3 is 2.24 bits per heavy atom. The van der Waals surface area contributed by atoms with Gasteiger partial charge in [0.05, 0.1) is 0 Å². The summed E-state index contributed by atoms with van der Waals surface area (Å²) in [6, 6.07) is 3.39. The summed E-state index contributed by atoms with van der Waals surface area (Å²) in [4.78, 5) is 45.9. The molecule has 25 heavy (non-hydrogen) atoms. The number of carboxylic acids is 1. The fraction of sp³-hybridized carbons (Fsp3) is 0.412. The lowest BCUT2D eigenvalue weighted by molar-refractivity contribution is -0.142. The van der Waals surface area contributed by atoms with Gasteiger partial charge in [-0.3, -0.25) is 9.59 Å². The molecule has 0 radical (unpaired) electrons. The number of benzene rings is 1. The van der Waals surface area contributed by atoms with E-state index in [0.717, 1.165) is 0 Å². The highest BCUT2D eigenvalue weighted by molar-refractivity contribution is 5.90. The highest BCUT2D eigenvalue weighted by atomic mass is 19.1. The van der Waals surface area contributed by atoms with Crippen molar-refractivity contribution in [2.24, 2.45) is 0 Å². The highest BCUT2D eigenvalue weighted by Gasteiger charge is 2.26. The third-order valence-electron chi connectivity index (χ3n) is 3.48. The zero-order valence-electron chi connectivity index (χ0n) is 14.0. The minimum atomic E-state index is -1.29. The second-order valence-corrected chi connectivity index (χ2v) is 5.69. The van der Waals surface area contributed by atoms with Gasteiger partial charge in [0.2, 0.25) is 11.8 Å². The number of amides is 2. The van der Waals surface area contributed by atoms with Crippen LogP contribution in [0.3, 0.4) is 0 Å². The molecule has 0 aliphatic heterocycles. The molecule has 1 aromatic rings. The topological polar surface area (TPSA) is 113 Å². The van der Waals surface area contributed by atoms with Gasteiger partial charge in [-0.25, -0.2) is 9.18 Å². The maximum absolute atomic E-state index is 13.8. The number of halogens is 1. The summed E-state index contributed by atoms with van der Waals surface area (Å²) in [5, 5.41) is 13.8. The molecule has 0 spiro atoms. The Labute approximate surface area is 144 Å². The quantitative estimate of drug-likeness (QED) is 0.609. The number of Topliss-reactive ketones (excluding diaryl/α,β-unsaturated/α-hetero) is 1. The van der Waals surface area contributed by atoms with E-state index < -0.39 is 35.7 Å². The van der Waals surface area contributed by atoms with Gasteiger partial charge in [-0.2, -0.15) is 0 Å². The fourth-order valence-corrected chi connectivity index (χ4v) is 2.22. The normalized spacial score (nSPS) is 12.8. The maximum Gasteiger partial charge on any atom is 0.326 e. The van der Waals surface area contributed by atoms with E-state index in [1.165, 1.54) is 32.0 Å². The molecule has 2 atom stereocenters. The van der Waals surface area contributed by atoms with Gasteiger partial charge in [-0.05, 0) is 25.0 Å². The first-order valence-electron chi connectivity index (χ1n) is 7.73. The summed E-state index contributed by atoms with van der Waals surface area (Å²) < 4.78 is 13.8. The van der Waals surface area contributed by atoms with Crippen LogP contribution in [0.1, 0.15) is 32.3 Å². The third-order valence-corrected chi connectivity index (χ3v) is 3.48. The van der Waals surface area contributed by atoms with E-state index in [1.807, 2.05) is 0 Å². The van der Waals surface area contributed by atoms with Crippen LogP contribution in [-0.2, 0) is 25.6 Å². The molecule has 136 valence electrons. The number of hydrogen-bond donors (Lipinski definition) is 3. The smallest absolute Gasteiger partial charge is 0.326 e. The standard InChI is InChI=1S/C17H21FN2O5/c1-10(21)7-8-14(17(24)25)20-16(23)15(19-11(2)22)9-12-5-3-4-6-13(12)18/h3-6,14-15H,7-9H2,1-2H3,(H,19,22)(H,20,23)(H,24,25)/t14-,15+/m0/s1. The summed E-state index contributed by atoms with van der Waals surface area (Å²) >= 11 is 0. The predicted octanol–water partition coefficient (Wildman–Crippen LogP) is 0.811. The molecule has 1 rings (SSSR count). The number of ketones is 1. The van der Waals surface area contributed by atoms with Crippen LogP contribution in [-0.4, -0.2) is 40.8 Å². The lowest BCUT2D eigenvalue weighted by Crippen LogP contribution is -2.52. The average molecular weight is 352 g/mol. The zero-order chi connectivity index (χ0) is 19.0. The first kappa shape index (κ1) is 20.3. The molecule has 0 saturated carbocycles. The van der Waals surface area contributed by atoms with Crippen molar-refractivity contribution in [3.8, 4) is 0 Å². The van der Waals surface area contributed by atoms with Crippen LogP contribution in [0.5, 0.6) is 0 Å². The lowest BCUT2D eigenvalue weighted by Gasteiger charge is -2.21. The van der Waals surface area contributed by atoms with Gasteiger partial charge in [-0.1, -0.05) is 18.2 Å². The molecule has 0 fully saturated rings. The predicted molar refractivity (Wildman–Crippen MR) is 87.2 cm³/mol. The lowest BCUT2D eigenvalue weighted by atomic mass is 10.0. The molecule has 0 aliphatic carbocycles. The Hall–Kier alpha value is -2.77. The fourth-order valence-electron chi connectivity index (χ4n) is 2.22.